The first-order valence-corrected chi connectivity index (χ1v) is 6.55. The molecule has 4 heteroatoms. The number of benzene rings is 1. The Labute approximate surface area is 118 Å². The van der Waals surface area contributed by atoms with Crippen molar-refractivity contribution in [1.82, 2.24) is 9.97 Å². The standard InChI is InChI=1S/C16H18N2O2/c1-9-7-5-6-8-13(9)15-17-11(3)14(12(4)18-15)10(2)16(19)20/h5-8,10H,1-4H3,(H,19,20). The molecule has 20 heavy (non-hydrogen) atoms. The van der Waals surface area contributed by atoms with Gasteiger partial charge in [0.15, 0.2) is 5.82 Å². The van der Waals surface area contributed by atoms with Crippen LogP contribution in [0.4, 0.5) is 0 Å². The van der Waals surface area contributed by atoms with Gasteiger partial charge < -0.3 is 5.11 Å². The van der Waals surface area contributed by atoms with E-state index in [0.717, 1.165) is 22.5 Å². The van der Waals surface area contributed by atoms with E-state index in [1.807, 2.05) is 45.0 Å². The second kappa shape index (κ2) is 5.41. The number of nitrogens with zero attached hydrogens (tertiary/aromatic N) is 2. The lowest BCUT2D eigenvalue weighted by molar-refractivity contribution is -0.138. The van der Waals surface area contributed by atoms with E-state index in [1.54, 1.807) is 6.92 Å². The number of carbonyl (C=O) groups is 1. The zero-order chi connectivity index (χ0) is 14.9. The molecule has 0 spiro atoms. The molecule has 0 fully saturated rings. The normalized spacial score (nSPS) is 12.2. The number of aromatic nitrogens is 2. The van der Waals surface area contributed by atoms with Crippen molar-refractivity contribution in [3.8, 4) is 11.4 Å². The maximum Gasteiger partial charge on any atom is 0.310 e. The van der Waals surface area contributed by atoms with Gasteiger partial charge in [-0.15, -0.1) is 0 Å². The van der Waals surface area contributed by atoms with E-state index >= 15 is 0 Å². The number of aryl methyl sites for hydroxylation is 3. The fourth-order valence-electron chi connectivity index (χ4n) is 2.42. The highest BCUT2D eigenvalue weighted by atomic mass is 16.4. The number of hydrogen-bond donors (Lipinski definition) is 1. The Bertz CT molecular complexity index is 642. The summed E-state index contributed by atoms with van der Waals surface area (Å²) < 4.78 is 0. The number of carboxylic acids is 1. The number of carboxylic acid groups (broad SMARTS) is 1. The molecule has 0 saturated carbocycles. The van der Waals surface area contributed by atoms with Crippen LogP contribution in [0.5, 0.6) is 0 Å². The van der Waals surface area contributed by atoms with E-state index < -0.39 is 11.9 Å². The largest absolute Gasteiger partial charge is 0.481 e. The van der Waals surface area contributed by atoms with Crippen LogP contribution < -0.4 is 0 Å². The average Bonchev–Trinajstić information content (AvgIpc) is 2.38. The molecule has 1 atom stereocenters. The molecule has 4 nitrogen and oxygen atoms in total. The average molecular weight is 270 g/mol. The van der Waals surface area contributed by atoms with Crippen molar-refractivity contribution in [2.24, 2.45) is 0 Å². The topological polar surface area (TPSA) is 63.1 Å². The van der Waals surface area contributed by atoms with Crippen LogP contribution in [-0.2, 0) is 4.79 Å². The molecule has 0 bridgehead atoms. The first-order chi connectivity index (χ1) is 9.41. The molecule has 0 aliphatic rings. The van der Waals surface area contributed by atoms with Crippen LogP contribution in [0.15, 0.2) is 24.3 Å². The van der Waals surface area contributed by atoms with Crippen LogP contribution in [0.2, 0.25) is 0 Å². The second-order valence-electron chi connectivity index (χ2n) is 5.01. The Kier molecular flexibility index (Phi) is 3.84. The summed E-state index contributed by atoms with van der Waals surface area (Å²) in [6.07, 6.45) is 0. The van der Waals surface area contributed by atoms with Gasteiger partial charge in [0, 0.05) is 22.5 Å². The molecule has 1 heterocycles. The summed E-state index contributed by atoms with van der Waals surface area (Å²) in [5.74, 6) is -0.802. The SMILES string of the molecule is Cc1ccccc1-c1nc(C)c(C(C)C(=O)O)c(C)n1. The first-order valence-electron chi connectivity index (χ1n) is 6.55. The summed E-state index contributed by atoms with van der Waals surface area (Å²) in [5.41, 5.74) is 4.24. The third-order valence-electron chi connectivity index (χ3n) is 3.52. The van der Waals surface area contributed by atoms with Gasteiger partial charge in [0.25, 0.3) is 0 Å². The summed E-state index contributed by atoms with van der Waals surface area (Å²) in [6, 6.07) is 7.91. The lowest BCUT2D eigenvalue weighted by atomic mass is 9.98. The molecule has 2 aromatic rings. The zero-order valence-electron chi connectivity index (χ0n) is 12.1. The maximum absolute atomic E-state index is 11.2. The highest BCUT2D eigenvalue weighted by molar-refractivity contribution is 5.76. The van der Waals surface area contributed by atoms with Crippen molar-refractivity contribution < 1.29 is 9.90 Å². The predicted octanol–water partition coefficient (Wildman–Crippen LogP) is 3.26. The van der Waals surface area contributed by atoms with Gasteiger partial charge in [-0.2, -0.15) is 0 Å². The van der Waals surface area contributed by atoms with Crippen LogP contribution in [0, 0.1) is 20.8 Å². The van der Waals surface area contributed by atoms with Gasteiger partial charge in [0.2, 0.25) is 0 Å². The van der Waals surface area contributed by atoms with Crippen LogP contribution in [-0.4, -0.2) is 21.0 Å². The van der Waals surface area contributed by atoms with Crippen LogP contribution in [0.25, 0.3) is 11.4 Å². The minimum atomic E-state index is -0.858. The maximum atomic E-state index is 11.2. The van der Waals surface area contributed by atoms with Crippen molar-refractivity contribution in [2.75, 3.05) is 0 Å². The van der Waals surface area contributed by atoms with Crippen LogP contribution in [0.3, 0.4) is 0 Å². The molecule has 0 radical (unpaired) electrons. The monoisotopic (exact) mass is 270 g/mol. The van der Waals surface area contributed by atoms with Crippen molar-refractivity contribution in [3.05, 3.63) is 46.8 Å². The zero-order valence-corrected chi connectivity index (χ0v) is 12.1. The summed E-state index contributed by atoms with van der Waals surface area (Å²) in [7, 11) is 0. The van der Waals surface area contributed by atoms with Crippen LogP contribution >= 0.6 is 0 Å². The Hall–Kier alpha value is -2.23. The molecule has 0 saturated heterocycles. The van der Waals surface area contributed by atoms with E-state index in [2.05, 4.69) is 9.97 Å². The van der Waals surface area contributed by atoms with E-state index in [4.69, 9.17) is 5.11 Å². The van der Waals surface area contributed by atoms with E-state index in [-0.39, 0.29) is 0 Å². The third-order valence-corrected chi connectivity index (χ3v) is 3.52. The minimum Gasteiger partial charge on any atom is -0.481 e. The van der Waals surface area contributed by atoms with Gasteiger partial charge in [-0.1, -0.05) is 24.3 Å². The summed E-state index contributed by atoms with van der Waals surface area (Å²) in [4.78, 5) is 20.1. The second-order valence-corrected chi connectivity index (χ2v) is 5.01. The smallest absolute Gasteiger partial charge is 0.310 e. The van der Waals surface area contributed by atoms with Gasteiger partial charge in [0.1, 0.15) is 0 Å². The van der Waals surface area contributed by atoms with E-state index in [0.29, 0.717) is 11.4 Å². The number of hydrogen-bond acceptors (Lipinski definition) is 3. The van der Waals surface area contributed by atoms with E-state index in [1.165, 1.54) is 0 Å². The molecule has 0 aliphatic carbocycles. The molecular formula is C16H18N2O2. The van der Waals surface area contributed by atoms with Crippen molar-refractivity contribution in [1.29, 1.82) is 0 Å². The molecule has 1 aromatic heterocycles. The summed E-state index contributed by atoms with van der Waals surface area (Å²) in [5, 5.41) is 9.16. The van der Waals surface area contributed by atoms with Crippen molar-refractivity contribution in [2.45, 2.75) is 33.6 Å². The quantitative estimate of drug-likeness (QED) is 0.929. The van der Waals surface area contributed by atoms with Gasteiger partial charge in [-0.05, 0) is 33.3 Å². The Morgan fingerprint density at radius 3 is 2.15 bits per heavy atom. The fraction of sp³-hybridized carbons (Fsp3) is 0.312. The third kappa shape index (κ3) is 2.54. The molecule has 1 unspecified atom stereocenters. The molecular weight excluding hydrogens is 252 g/mol. The van der Waals surface area contributed by atoms with Gasteiger partial charge in [-0.25, -0.2) is 9.97 Å². The highest BCUT2D eigenvalue weighted by Gasteiger charge is 2.21. The Morgan fingerprint density at radius 1 is 1.10 bits per heavy atom. The van der Waals surface area contributed by atoms with Gasteiger partial charge >= 0.3 is 5.97 Å². The minimum absolute atomic E-state index is 0.596. The number of rotatable bonds is 3. The first kappa shape index (κ1) is 14.2. The van der Waals surface area contributed by atoms with Gasteiger partial charge in [-0.3, -0.25) is 4.79 Å². The summed E-state index contributed by atoms with van der Waals surface area (Å²) in [6.45, 7) is 7.35. The molecule has 0 amide bonds. The predicted molar refractivity (Wildman–Crippen MR) is 77.7 cm³/mol. The molecule has 104 valence electrons. The van der Waals surface area contributed by atoms with Crippen LogP contribution in [0.1, 0.15) is 35.4 Å². The lowest BCUT2D eigenvalue weighted by Crippen LogP contribution is -2.13. The van der Waals surface area contributed by atoms with Crippen molar-refractivity contribution >= 4 is 5.97 Å². The van der Waals surface area contributed by atoms with Crippen molar-refractivity contribution in [3.63, 3.8) is 0 Å². The van der Waals surface area contributed by atoms with Gasteiger partial charge in [0.05, 0.1) is 5.92 Å². The fourth-order valence-corrected chi connectivity index (χ4v) is 2.42. The number of aliphatic carboxylic acids is 1. The lowest BCUT2D eigenvalue weighted by Gasteiger charge is -2.14. The summed E-state index contributed by atoms with van der Waals surface area (Å²) >= 11 is 0. The Morgan fingerprint density at radius 2 is 1.65 bits per heavy atom. The Balaban J connectivity index is 2.56. The van der Waals surface area contributed by atoms with E-state index in [9.17, 15) is 4.79 Å². The molecule has 2 rings (SSSR count). The molecule has 0 aliphatic heterocycles. The highest BCUT2D eigenvalue weighted by Crippen LogP contribution is 2.26. The molecule has 1 aromatic carbocycles. The molecule has 1 N–H and O–H groups in total.